The van der Waals surface area contributed by atoms with E-state index in [0.717, 1.165) is 6.42 Å². The van der Waals surface area contributed by atoms with Gasteiger partial charge in [-0.15, -0.1) is 0 Å². The van der Waals surface area contributed by atoms with Crippen molar-refractivity contribution in [3.63, 3.8) is 0 Å². The Hall–Kier alpha value is -3.12. The molecule has 0 amide bonds. The van der Waals surface area contributed by atoms with E-state index >= 15 is 0 Å². The summed E-state index contributed by atoms with van der Waals surface area (Å²) in [4.78, 5) is 0. The van der Waals surface area contributed by atoms with Gasteiger partial charge in [-0.1, -0.05) is 86.2 Å². The van der Waals surface area contributed by atoms with E-state index in [0.29, 0.717) is 5.92 Å². The van der Waals surface area contributed by atoms with Crippen LogP contribution >= 0.6 is 0 Å². The maximum atomic E-state index is 2.45. The van der Waals surface area contributed by atoms with Crippen molar-refractivity contribution in [1.82, 2.24) is 0 Å². The number of allylic oxidation sites excluding steroid dienone is 4. The van der Waals surface area contributed by atoms with Crippen LogP contribution in [0, 0.1) is 5.41 Å². The molecular formula is C29H24. The smallest absolute Gasteiger partial charge is 0.0191 e. The van der Waals surface area contributed by atoms with Crippen LogP contribution in [0.3, 0.4) is 0 Å². The second-order valence-corrected chi connectivity index (χ2v) is 9.05. The summed E-state index contributed by atoms with van der Waals surface area (Å²) in [6.07, 6.45) is 7.90. The fourth-order valence-electron chi connectivity index (χ4n) is 5.52. The summed E-state index contributed by atoms with van der Waals surface area (Å²) in [7, 11) is 0. The average Bonchev–Trinajstić information content (AvgIpc) is 3.38. The van der Waals surface area contributed by atoms with E-state index in [9.17, 15) is 0 Å². The molecule has 2 aliphatic carbocycles. The van der Waals surface area contributed by atoms with Crippen LogP contribution in [0.2, 0.25) is 0 Å². The molecule has 4 aromatic carbocycles. The molecule has 2 aliphatic rings. The monoisotopic (exact) mass is 372 g/mol. The minimum atomic E-state index is 0.0639. The Labute approximate surface area is 172 Å². The molecule has 0 unspecified atom stereocenters. The third kappa shape index (κ3) is 2.39. The normalized spacial score (nSPS) is 15.7. The Morgan fingerprint density at radius 1 is 0.690 bits per heavy atom. The Balaban J connectivity index is 1.68. The highest BCUT2D eigenvalue weighted by Crippen LogP contribution is 2.57. The molecule has 140 valence electrons. The van der Waals surface area contributed by atoms with Crippen molar-refractivity contribution < 1.29 is 0 Å². The maximum absolute atomic E-state index is 2.45. The van der Waals surface area contributed by atoms with Gasteiger partial charge in [-0.05, 0) is 79.9 Å². The van der Waals surface area contributed by atoms with E-state index in [-0.39, 0.29) is 5.41 Å². The highest BCUT2D eigenvalue weighted by molar-refractivity contribution is 5.97. The standard InChI is InChI=1S/C29H24/c1-29(2,23-13-7-8-14-23)28-26-17-21-11-5-3-9-19(21)15-24(26)25-16-20-10-4-6-12-22(20)18-27(25)28/h3-13,15-18,28H,14H2,1-2H3. The largest absolute Gasteiger partial charge is 0.0804 e. The van der Waals surface area contributed by atoms with Gasteiger partial charge in [-0.25, -0.2) is 0 Å². The molecule has 0 radical (unpaired) electrons. The third-order valence-corrected chi connectivity index (χ3v) is 7.07. The molecule has 0 bridgehead atoms. The van der Waals surface area contributed by atoms with Crippen LogP contribution in [-0.4, -0.2) is 0 Å². The molecule has 0 atom stereocenters. The van der Waals surface area contributed by atoms with Gasteiger partial charge in [0.05, 0.1) is 0 Å². The second-order valence-electron chi connectivity index (χ2n) is 9.05. The first-order valence-corrected chi connectivity index (χ1v) is 10.5. The number of benzene rings is 4. The molecule has 0 aromatic heterocycles. The molecular weight excluding hydrogens is 348 g/mol. The summed E-state index contributed by atoms with van der Waals surface area (Å²) < 4.78 is 0. The van der Waals surface area contributed by atoms with Gasteiger partial charge >= 0.3 is 0 Å². The van der Waals surface area contributed by atoms with Gasteiger partial charge in [0.2, 0.25) is 0 Å². The molecule has 0 heterocycles. The van der Waals surface area contributed by atoms with Crippen LogP contribution in [0.1, 0.15) is 37.3 Å². The summed E-state index contributed by atoms with van der Waals surface area (Å²) in [6, 6.07) is 27.3. The Morgan fingerprint density at radius 3 is 1.62 bits per heavy atom. The van der Waals surface area contributed by atoms with Gasteiger partial charge in [0.15, 0.2) is 0 Å². The Kier molecular flexibility index (Phi) is 3.44. The topological polar surface area (TPSA) is 0 Å². The number of rotatable bonds is 2. The van der Waals surface area contributed by atoms with Gasteiger partial charge in [-0.2, -0.15) is 0 Å². The predicted octanol–water partition coefficient (Wildman–Crippen LogP) is 8.02. The van der Waals surface area contributed by atoms with Crippen LogP contribution in [-0.2, 0) is 0 Å². The van der Waals surface area contributed by atoms with Crippen molar-refractivity contribution in [2.24, 2.45) is 5.41 Å². The summed E-state index contributed by atoms with van der Waals surface area (Å²) in [6.45, 7) is 4.86. The number of hydrogen-bond acceptors (Lipinski definition) is 0. The minimum Gasteiger partial charge on any atom is -0.0804 e. The second kappa shape index (κ2) is 5.94. The predicted molar refractivity (Wildman–Crippen MR) is 124 cm³/mol. The van der Waals surface area contributed by atoms with Crippen molar-refractivity contribution in [3.8, 4) is 11.1 Å². The van der Waals surface area contributed by atoms with E-state index in [1.807, 2.05) is 0 Å². The van der Waals surface area contributed by atoms with Gasteiger partial charge < -0.3 is 0 Å². The zero-order valence-corrected chi connectivity index (χ0v) is 16.9. The summed E-state index contributed by atoms with van der Waals surface area (Å²) >= 11 is 0. The summed E-state index contributed by atoms with van der Waals surface area (Å²) in [5, 5.41) is 5.32. The van der Waals surface area contributed by atoms with Crippen LogP contribution in [0.5, 0.6) is 0 Å². The van der Waals surface area contributed by atoms with Gasteiger partial charge in [-0.3, -0.25) is 0 Å². The lowest BCUT2D eigenvalue weighted by Gasteiger charge is -2.35. The van der Waals surface area contributed by atoms with Gasteiger partial charge in [0.25, 0.3) is 0 Å². The molecule has 0 nitrogen and oxygen atoms in total. The molecule has 4 aromatic rings. The van der Waals surface area contributed by atoms with Gasteiger partial charge in [0.1, 0.15) is 0 Å². The fourth-order valence-corrected chi connectivity index (χ4v) is 5.52. The van der Waals surface area contributed by atoms with Crippen LogP contribution in [0.25, 0.3) is 32.7 Å². The van der Waals surface area contributed by atoms with Crippen molar-refractivity contribution in [1.29, 1.82) is 0 Å². The van der Waals surface area contributed by atoms with Crippen LogP contribution < -0.4 is 0 Å². The lowest BCUT2D eigenvalue weighted by Crippen LogP contribution is -2.23. The molecule has 0 saturated carbocycles. The highest BCUT2D eigenvalue weighted by Gasteiger charge is 2.41. The minimum absolute atomic E-state index is 0.0639. The first kappa shape index (κ1) is 16.8. The molecule has 0 fully saturated rings. The van der Waals surface area contributed by atoms with E-state index in [1.54, 1.807) is 0 Å². The van der Waals surface area contributed by atoms with E-state index < -0.39 is 0 Å². The zero-order valence-electron chi connectivity index (χ0n) is 16.9. The van der Waals surface area contributed by atoms with Crippen molar-refractivity contribution in [2.45, 2.75) is 26.2 Å². The van der Waals surface area contributed by atoms with E-state index in [2.05, 4.69) is 105 Å². The van der Waals surface area contributed by atoms with Crippen LogP contribution in [0.15, 0.2) is 96.6 Å². The van der Waals surface area contributed by atoms with Gasteiger partial charge in [0, 0.05) is 5.92 Å². The van der Waals surface area contributed by atoms with E-state index in [1.165, 1.54) is 49.4 Å². The number of hydrogen-bond donors (Lipinski definition) is 0. The molecule has 0 heteroatoms. The molecule has 0 saturated heterocycles. The van der Waals surface area contributed by atoms with Crippen molar-refractivity contribution in [2.75, 3.05) is 0 Å². The summed E-state index contributed by atoms with van der Waals surface area (Å²) in [5.74, 6) is 0.368. The molecule has 0 aliphatic heterocycles. The highest BCUT2D eigenvalue weighted by atomic mass is 14.4. The lowest BCUT2D eigenvalue weighted by molar-refractivity contribution is 0.389. The van der Waals surface area contributed by atoms with Crippen molar-refractivity contribution >= 4 is 21.5 Å². The lowest BCUT2D eigenvalue weighted by atomic mass is 9.68. The first-order chi connectivity index (χ1) is 14.1. The number of fused-ring (bicyclic) bond motifs is 5. The summed E-state index contributed by atoms with van der Waals surface area (Å²) in [5.41, 5.74) is 7.37. The quantitative estimate of drug-likeness (QED) is 0.334. The van der Waals surface area contributed by atoms with Crippen molar-refractivity contribution in [3.05, 3.63) is 108 Å². The molecule has 0 N–H and O–H groups in total. The zero-order chi connectivity index (χ0) is 19.6. The molecule has 0 spiro atoms. The SMILES string of the molecule is CC(C)(C1=CC=CC1)C1c2cc3ccccc3cc2-c2cc3ccccc3cc21. The Morgan fingerprint density at radius 2 is 1.17 bits per heavy atom. The molecule has 29 heavy (non-hydrogen) atoms. The Bertz CT molecular complexity index is 1260. The molecule has 6 rings (SSSR count). The average molecular weight is 373 g/mol. The van der Waals surface area contributed by atoms with Crippen LogP contribution in [0.4, 0.5) is 0 Å². The first-order valence-electron chi connectivity index (χ1n) is 10.5. The van der Waals surface area contributed by atoms with E-state index in [4.69, 9.17) is 0 Å². The maximum Gasteiger partial charge on any atom is 0.0191 e. The third-order valence-electron chi connectivity index (χ3n) is 7.07. The fraction of sp³-hybridized carbons (Fsp3) is 0.172.